The molecule has 13 nitrogen and oxygen atoms in total. The second-order valence-corrected chi connectivity index (χ2v) is 16.0. The summed E-state index contributed by atoms with van der Waals surface area (Å²) in [7, 11) is 8.12. The van der Waals surface area contributed by atoms with E-state index in [1.165, 1.54) is 21.1 Å². The number of rotatable bonds is 2. The fourth-order valence-electron chi connectivity index (χ4n) is 8.02. The van der Waals surface area contributed by atoms with Crippen molar-refractivity contribution >= 4 is 120 Å². The van der Waals surface area contributed by atoms with Crippen LogP contribution in [0.15, 0.2) is 104 Å². The Labute approximate surface area is 343 Å². The number of aromatic nitrogens is 12. The van der Waals surface area contributed by atoms with Crippen molar-refractivity contribution in [3.05, 3.63) is 110 Å². The molecule has 9 heterocycles. The van der Waals surface area contributed by atoms with E-state index in [1.54, 1.807) is 47.5 Å². The Morgan fingerprint density at radius 2 is 1.32 bits per heavy atom. The van der Waals surface area contributed by atoms with E-state index in [0.717, 1.165) is 81.8 Å². The van der Waals surface area contributed by atoms with Gasteiger partial charge in [-0.15, -0.1) is 12.1 Å². The molecule has 4 aromatic carbocycles. The molecule has 0 unspecified atom stereocenters. The number of para-hydroxylation sites is 2. The molecule has 13 rings (SSSR count). The third-order valence-corrected chi connectivity index (χ3v) is 12.7. The summed E-state index contributed by atoms with van der Waals surface area (Å²) in [5, 5.41) is 1.20. The number of benzene rings is 4. The molecule has 9 aromatic heterocycles. The minimum atomic E-state index is 0. The summed E-state index contributed by atoms with van der Waals surface area (Å²) in [6.07, 6.45) is 8.92. The van der Waals surface area contributed by atoms with E-state index in [2.05, 4.69) is 111 Å². The third kappa shape index (κ3) is 4.72. The molecule has 1 radical (unpaired) electrons. The molecule has 16 heteroatoms. The van der Waals surface area contributed by atoms with Gasteiger partial charge in [-0.2, -0.15) is 31.9 Å². The van der Waals surface area contributed by atoms with E-state index in [4.69, 9.17) is 9.97 Å². The van der Waals surface area contributed by atoms with Gasteiger partial charge in [-0.1, -0.05) is 29.5 Å². The van der Waals surface area contributed by atoms with Crippen LogP contribution in [-0.2, 0) is 34.2 Å². The van der Waals surface area contributed by atoms with E-state index in [-0.39, 0.29) is 20.1 Å². The Balaban J connectivity index is 0.000000130. The van der Waals surface area contributed by atoms with E-state index in [1.807, 2.05) is 53.8 Å². The van der Waals surface area contributed by atoms with Crippen LogP contribution in [0, 0.1) is 6.07 Å². The van der Waals surface area contributed by atoms with Gasteiger partial charge in [-0.05, 0) is 48.0 Å². The van der Waals surface area contributed by atoms with Crippen LogP contribution < -0.4 is 4.90 Å². The third-order valence-electron chi connectivity index (χ3n) is 10.6. The van der Waals surface area contributed by atoms with E-state index >= 15 is 0 Å². The van der Waals surface area contributed by atoms with Crippen molar-refractivity contribution in [3.8, 4) is 5.69 Å². The molecule has 0 spiro atoms. The standard InChI is InChI=1S/C22H17N7S.C19H12N6S.Ir/c1-26(2)13-5-7-15-14(11-13)25-22-28(15)16-6-4-12-10-17-27(3)20-21(24-9-8-23-20)29(17)18(12)19(16)30-22;1-23-11-24(18-17(23)20-9-10-21-18)14-7-4-8-15-16(14)26-19-22-12-5-2-3-6-13(12)25(15)19;/h4-11H,1-3H3;2-6,8-11H,1H3;. The van der Waals surface area contributed by atoms with Crippen molar-refractivity contribution in [2.24, 2.45) is 14.1 Å². The summed E-state index contributed by atoms with van der Waals surface area (Å²) in [6, 6.07) is 28.7. The Morgan fingerprint density at radius 3 is 2.12 bits per heavy atom. The van der Waals surface area contributed by atoms with Gasteiger partial charge in [0.25, 0.3) is 5.65 Å². The van der Waals surface area contributed by atoms with Crippen LogP contribution in [0.2, 0.25) is 0 Å². The molecule has 0 bridgehead atoms. The fourth-order valence-corrected chi connectivity index (χ4v) is 10.3. The van der Waals surface area contributed by atoms with Crippen LogP contribution in [0.4, 0.5) is 5.69 Å². The summed E-state index contributed by atoms with van der Waals surface area (Å²) >= 11 is 3.40. The summed E-state index contributed by atoms with van der Waals surface area (Å²) in [5.41, 5.74) is 14.4. The Hall–Kier alpha value is -6.32. The van der Waals surface area contributed by atoms with Crippen LogP contribution in [0.3, 0.4) is 0 Å². The first kappa shape index (κ1) is 34.0. The summed E-state index contributed by atoms with van der Waals surface area (Å²) in [6.45, 7) is 0. The molecule has 0 fully saturated rings. The SMILES string of the molecule is CN(C)c1ccc2c(c1)nc1sc3c(ccc4cc5n(C)c6nccnc6n5c43)n12.Cn1[cH+]n(-c2[c-]ccc3c2sc2nc4ccccc4n23)c2nccnc21.[Ir]. The number of thiazole rings is 2. The van der Waals surface area contributed by atoms with E-state index in [0.29, 0.717) is 0 Å². The van der Waals surface area contributed by atoms with Gasteiger partial charge in [0.1, 0.15) is 5.65 Å². The average Bonchev–Trinajstić information content (AvgIpc) is 4.07. The number of nitrogens with zero attached hydrogens (tertiary/aromatic N) is 13. The van der Waals surface area contributed by atoms with Gasteiger partial charge in [0.2, 0.25) is 0 Å². The van der Waals surface area contributed by atoms with Crippen molar-refractivity contribution in [2.75, 3.05) is 19.0 Å². The topological polar surface area (TPSA) is 109 Å². The second-order valence-electron chi connectivity index (χ2n) is 14.0. The minimum Gasteiger partial charge on any atom is -0.378 e. The molecule has 0 amide bonds. The number of hydrogen-bond donors (Lipinski definition) is 0. The molecule has 279 valence electrons. The van der Waals surface area contributed by atoms with Crippen LogP contribution in [0.5, 0.6) is 0 Å². The molecule has 0 atom stereocenters. The predicted octanol–water partition coefficient (Wildman–Crippen LogP) is 8.31. The predicted molar refractivity (Wildman–Crippen MR) is 226 cm³/mol. The molecular weight excluding hydrogens is 931 g/mol. The van der Waals surface area contributed by atoms with Gasteiger partial charge >= 0.3 is 5.65 Å². The number of fused-ring (bicyclic) bond motifs is 17. The Bertz CT molecular complexity index is 3750. The first-order chi connectivity index (χ1) is 27.4. The zero-order valence-corrected chi connectivity index (χ0v) is 34.8. The van der Waals surface area contributed by atoms with Gasteiger partial charge in [0.15, 0.2) is 27.5 Å². The van der Waals surface area contributed by atoms with Crippen molar-refractivity contribution in [1.29, 1.82) is 0 Å². The normalized spacial score (nSPS) is 12.1. The molecule has 0 N–H and O–H groups in total. The first-order valence-corrected chi connectivity index (χ1v) is 19.6. The molecular formula is C41H29IrN13S2. The van der Waals surface area contributed by atoms with Crippen LogP contribution >= 0.6 is 22.7 Å². The molecule has 57 heavy (non-hydrogen) atoms. The molecule has 0 aliphatic carbocycles. The molecule has 13 aromatic rings. The molecule has 0 aliphatic heterocycles. The van der Waals surface area contributed by atoms with Crippen LogP contribution in [0.1, 0.15) is 0 Å². The quantitative estimate of drug-likeness (QED) is 0.161. The summed E-state index contributed by atoms with van der Waals surface area (Å²) in [4.78, 5) is 31.9. The number of anilines is 1. The number of hydrogen-bond acceptors (Lipinski definition) is 9. The maximum Gasteiger partial charge on any atom is 0.302 e. The van der Waals surface area contributed by atoms with Crippen molar-refractivity contribution in [1.82, 2.24) is 56.8 Å². The monoisotopic (exact) mass is 960 g/mol. The van der Waals surface area contributed by atoms with Gasteiger partial charge in [0, 0.05) is 82.2 Å². The fraction of sp³-hybridized carbons (Fsp3) is 0.0976. The average molecular weight is 960 g/mol. The molecule has 0 saturated heterocycles. The van der Waals surface area contributed by atoms with Crippen molar-refractivity contribution in [3.63, 3.8) is 0 Å². The Morgan fingerprint density at radius 1 is 0.649 bits per heavy atom. The minimum absolute atomic E-state index is 0. The van der Waals surface area contributed by atoms with Crippen LogP contribution in [0.25, 0.3) is 97.2 Å². The number of imidazole rings is 4. The first-order valence-electron chi connectivity index (χ1n) is 17.9. The van der Waals surface area contributed by atoms with Gasteiger partial charge in [-0.3, -0.25) is 8.80 Å². The van der Waals surface area contributed by atoms with E-state index < -0.39 is 0 Å². The number of aryl methyl sites for hydroxylation is 2. The zero-order valence-electron chi connectivity index (χ0n) is 30.8. The largest absolute Gasteiger partial charge is 0.378 e. The maximum absolute atomic E-state index is 4.95. The van der Waals surface area contributed by atoms with Crippen molar-refractivity contribution in [2.45, 2.75) is 0 Å². The molecule has 0 aliphatic rings. The molecule has 0 saturated carbocycles. The smallest absolute Gasteiger partial charge is 0.302 e. The second kappa shape index (κ2) is 12.3. The maximum atomic E-state index is 4.95. The van der Waals surface area contributed by atoms with Gasteiger partial charge in [-0.25, -0.2) is 24.5 Å². The van der Waals surface area contributed by atoms with Crippen molar-refractivity contribution < 1.29 is 20.1 Å². The van der Waals surface area contributed by atoms with Crippen LogP contribution in [-0.4, -0.2) is 70.9 Å². The Kier molecular flexibility index (Phi) is 7.35. The van der Waals surface area contributed by atoms with E-state index in [9.17, 15) is 0 Å². The van der Waals surface area contributed by atoms with Gasteiger partial charge in [0.05, 0.1) is 50.2 Å². The zero-order chi connectivity index (χ0) is 37.4. The van der Waals surface area contributed by atoms with Gasteiger partial charge < -0.3 is 13.9 Å². The summed E-state index contributed by atoms with van der Waals surface area (Å²) < 4.78 is 15.2. The summed E-state index contributed by atoms with van der Waals surface area (Å²) in [5.74, 6) is 0.